The summed E-state index contributed by atoms with van der Waals surface area (Å²) in [6, 6.07) is 12.1. The summed E-state index contributed by atoms with van der Waals surface area (Å²) in [5.41, 5.74) is 0.549. The van der Waals surface area contributed by atoms with Crippen LogP contribution in [0.2, 0.25) is 0 Å². The number of nitrogens with one attached hydrogen (secondary N) is 1. The van der Waals surface area contributed by atoms with Crippen LogP contribution in [0, 0.1) is 17.6 Å². The largest absolute Gasteiger partial charge is 0.352 e. The summed E-state index contributed by atoms with van der Waals surface area (Å²) in [6.07, 6.45) is 0.0113. The number of para-hydroxylation sites is 1. The number of benzene rings is 2. The summed E-state index contributed by atoms with van der Waals surface area (Å²) in [5.74, 6) is -2.12. The van der Waals surface area contributed by atoms with E-state index in [1.54, 1.807) is 24.3 Å². The van der Waals surface area contributed by atoms with Crippen LogP contribution in [-0.2, 0) is 16.1 Å². The fraction of sp³-hybridized carbons (Fsp3) is 0.222. The molecule has 1 atom stereocenters. The first-order valence-electron chi connectivity index (χ1n) is 7.62. The summed E-state index contributed by atoms with van der Waals surface area (Å²) in [4.78, 5) is 25.6. The Kier molecular flexibility index (Phi) is 4.55. The summed E-state index contributed by atoms with van der Waals surface area (Å²) < 4.78 is 27.4. The third kappa shape index (κ3) is 3.27. The number of rotatable bonds is 4. The van der Waals surface area contributed by atoms with E-state index in [2.05, 4.69) is 5.32 Å². The molecule has 24 heavy (non-hydrogen) atoms. The number of hydrogen-bond acceptors (Lipinski definition) is 2. The second kappa shape index (κ2) is 6.78. The van der Waals surface area contributed by atoms with Gasteiger partial charge in [0, 0.05) is 25.1 Å². The van der Waals surface area contributed by atoms with Gasteiger partial charge in [0.2, 0.25) is 11.8 Å². The van der Waals surface area contributed by atoms with E-state index in [0.717, 1.165) is 0 Å². The number of hydrogen-bond donors (Lipinski definition) is 1. The van der Waals surface area contributed by atoms with Gasteiger partial charge < -0.3 is 10.2 Å². The third-order valence-corrected chi connectivity index (χ3v) is 4.05. The molecule has 0 aromatic heterocycles. The van der Waals surface area contributed by atoms with E-state index < -0.39 is 17.6 Å². The molecule has 1 saturated heterocycles. The van der Waals surface area contributed by atoms with Gasteiger partial charge in [0.25, 0.3) is 0 Å². The fourth-order valence-electron chi connectivity index (χ4n) is 2.76. The van der Waals surface area contributed by atoms with Gasteiger partial charge in [-0.25, -0.2) is 8.78 Å². The molecule has 6 heteroatoms. The van der Waals surface area contributed by atoms with Crippen LogP contribution >= 0.6 is 0 Å². The predicted molar refractivity (Wildman–Crippen MR) is 85.1 cm³/mol. The summed E-state index contributed by atoms with van der Waals surface area (Å²) >= 11 is 0. The van der Waals surface area contributed by atoms with Crippen molar-refractivity contribution in [3.8, 4) is 0 Å². The summed E-state index contributed by atoms with van der Waals surface area (Å²) in [5, 5.41) is 2.64. The van der Waals surface area contributed by atoms with Gasteiger partial charge >= 0.3 is 0 Å². The Hall–Kier alpha value is -2.76. The van der Waals surface area contributed by atoms with Crippen LogP contribution in [-0.4, -0.2) is 18.4 Å². The maximum Gasteiger partial charge on any atom is 0.227 e. The number of anilines is 1. The lowest BCUT2D eigenvalue weighted by atomic mass is 10.1. The van der Waals surface area contributed by atoms with Gasteiger partial charge in [-0.3, -0.25) is 9.59 Å². The van der Waals surface area contributed by atoms with Gasteiger partial charge in [-0.15, -0.1) is 0 Å². The van der Waals surface area contributed by atoms with Gasteiger partial charge in [0.05, 0.1) is 11.6 Å². The van der Waals surface area contributed by atoms with Crippen molar-refractivity contribution in [2.24, 2.45) is 5.92 Å². The van der Waals surface area contributed by atoms with E-state index in [9.17, 15) is 18.4 Å². The van der Waals surface area contributed by atoms with Crippen molar-refractivity contribution in [3.05, 3.63) is 65.7 Å². The number of halogens is 2. The van der Waals surface area contributed by atoms with Crippen LogP contribution in [0.5, 0.6) is 0 Å². The highest BCUT2D eigenvalue weighted by molar-refractivity contribution is 6.00. The Balaban J connectivity index is 1.64. The van der Waals surface area contributed by atoms with E-state index in [1.807, 2.05) is 0 Å². The molecule has 1 N–H and O–H groups in total. The molecule has 0 spiro atoms. The fourth-order valence-corrected chi connectivity index (χ4v) is 2.76. The molecule has 1 heterocycles. The van der Waals surface area contributed by atoms with Crippen molar-refractivity contribution in [1.82, 2.24) is 5.32 Å². The predicted octanol–water partition coefficient (Wildman–Crippen LogP) is 2.63. The number of carbonyl (C=O) groups excluding carboxylic acids is 2. The highest BCUT2D eigenvalue weighted by Gasteiger charge is 2.36. The molecular weight excluding hydrogens is 314 g/mol. The molecule has 0 radical (unpaired) electrons. The van der Waals surface area contributed by atoms with Crippen LogP contribution in [0.15, 0.2) is 48.5 Å². The summed E-state index contributed by atoms with van der Waals surface area (Å²) in [7, 11) is 0. The minimum Gasteiger partial charge on any atom is -0.352 e. The highest BCUT2D eigenvalue weighted by Crippen LogP contribution is 2.27. The van der Waals surface area contributed by atoms with Crippen molar-refractivity contribution in [1.29, 1.82) is 0 Å². The van der Waals surface area contributed by atoms with E-state index >= 15 is 0 Å². The molecule has 2 aromatic carbocycles. The lowest BCUT2D eigenvalue weighted by Crippen LogP contribution is -2.33. The normalized spacial score (nSPS) is 17.2. The maximum absolute atomic E-state index is 13.8. The lowest BCUT2D eigenvalue weighted by Gasteiger charge is -2.17. The first-order valence-corrected chi connectivity index (χ1v) is 7.62. The van der Waals surface area contributed by atoms with Crippen molar-refractivity contribution < 1.29 is 18.4 Å². The number of carbonyl (C=O) groups is 2. The third-order valence-electron chi connectivity index (χ3n) is 4.05. The monoisotopic (exact) mass is 330 g/mol. The highest BCUT2D eigenvalue weighted by atomic mass is 19.1. The lowest BCUT2D eigenvalue weighted by molar-refractivity contribution is -0.126. The average molecular weight is 330 g/mol. The average Bonchev–Trinajstić information content (AvgIpc) is 2.96. The van der Waals surface area contributed by atoms with Crippen molar-refractivity contribution in [2.75, 3.05) is 11.4 Å². The SMILES string of the molecule is O=C(NCc1ccccc1F)[C@H]1CC(=O)N(c2ccccc2F)C1. The second-order valence-corrected chi connectivity index (χ2v) is 5.67. The molecule has 124 valence electrons. The topological polar surface area (TPSA) is 49.4 Å². The van der Waals surface area contributed by atoms with Crippen LogP contribution in [0.4, 0.5) is 14.5 Å². The zero-order chi connectivity index (χ0) is 17.1. The Morgan fingerprint density at radius 3 is 2.46 bits per heavy atom. The van der Waals surface area contributed by atoms with Crippen molar-refractivity contribution in [3.63, 3.8) is 0 Å². The van der Waals surface area contributed by atoms with E-state index in [1.165, 1.54) is 29.2 Å². The van der Waals surface area contributed by atoms with E-state index in [-0.39, 0.29) is 37.0 Å². The van der Waals surface area contributed by atoms with Gasteiger partial charge in [-0.1, -0.05) is 30.3 Å². The van der Waals surface area contributed by atoms with Crippen LogP contribution < -0.4 is 10.2 Å². The molecule has 4 nitrogen and oxygen atoms in total. The van der Waals surface area contributed by atoms with Crippen LogP contribution in [0.1, 0.15) is 12.0 Å². The zero-order valence-electron chi connectivity index (χ0n) is 12.8. The zero-order valence-corrected chi connectivity index (χ0v) is 12.8. The van der Waals surface area contributed by atoms with E-state index in [4.69, 9.17) is 0 Å². The minimum atomic E-state index is -0.580. The number of nitrogens with zero attached hydrogens (tertiary/aromatic N) is 1. The molecule has 0 aliphatic carbocycles. The molecule has 3 rings (SSSR count). The molecule has 0 saturated carbocycles. The molecule has 0 bridgehead atoms. The molecule has 1 aliphatic rings. The standard InChI is InChI=1S/C18H16F2N2O2/c19-14-6-2-1-5-12(14)10-21-18(24)13-9-17(23)22(11-13)16-8-4-3-7-15(16)20/h1-8,13H,9-11H2,(H,21,24)/t13-/m0/s1. The van der Waals surface area contributed by atoms with Crippen molar-refractivity contribution >= 4 is 17.5 Å². The molecule has 1 aliphatic heterocycles. The van der Waals surface area contributed by atoms with Gasteiger partial charge in [0.1, 0.15) is 11.6 Å². The smallest absolute Gasteiger partial charge is 0.227 e. The Bertz CT molecular complexity index is 779. The quantitative estimate of drug-likeness (QED) is 0.937. The molecule has 2 amide bonds. The van der Waals surface area contributed by atoms with Gasteiger partial charge in [-0.05, 0) is 18.2 Å². The Morgan fingerprint density at radius 1 is 1.08 bits per heavy atom. The van der Waals surface area contributed by atoms with Crippen LogP contribution in [0.3, 0.4) is 0 Å². The molecular formula is C18H16F2N2O2. The second-order valence-electron chi connectivity index (χ2n) is 5.67. The Morgan fingerprint density at radius 2 is 1.75 bits per heavy atom. The number of amides is 2. The van der Waals surface area contributed by atoms with Gasteiger partial charge in [0.15, 0.2) is 0 Å². The van der Waals surface area contributed by atoms with Crippen molar-refractivity contribution in [2.45, 2.75) is 13.0 Å². The maximum atomic E-state index is 13.8. The van der Waals surface area contributed by atoms with Crippen LogP contribution in [0.25, 0.3) is 0 Å². The van der Waals surface area contributed by atoms with Gasteiger partial charge in [-0.2, -0.15) is 0 Å². The summed E-state index contributed by atoms with van der Waals surface area (Å²) in [6.45, 7) is 0.165. The first-order chi connectivity index (χ1) is 11.6. The minimum absolute atomic E-state index is 0.0113. The van der Waals surface area contributed by atoms with E-state index in [0.29, 0.717) is 5.56 Å². The molecule has 1 fully saturated rings. The first kappa shape index (κ1) is 16.1. The Labute approximate surface area is 138 Å². The molecule has 0 unspecified atom stereocenters. The molecule has 2 aromatic rings.